The second-order valence-corrected chi connectivity index (χ2v) is 4.56. The summed E-state index contributed by atoms with van der Waals surface area (Å²) in [7, 11) is 2.86. The van der Waals surface area contributed by atoms with E-state index in [1.807, 2.05) is 5.32 Å². The van der Waals surface area contributed by atoms with E-state index in [1.54, 1.807) is 30.3 Å². The third-order valence-electron chi connectivity index (χ3n) is 2.88. The molecule has 0 radical (unpaired) electrons. The predicted octanol–water partition coefficient (Wildman–Crippen LogP) is 0.989. The standard InChI is InChI=1S/C16H17N3O5/c1-10(14(20)19-16(22)18-2)24-15(21)12(9-17)8-11-4-6-13(23-3)7-5-11/h4-8,10H,1-3H3,(H2,18,19,20,22)/b12-8+/t10-/m1/s1. The number of esters is 1. The maximum Gasteiger partial charge on any atom is 0.349 e. The topological polar surface area (TPSA) is 118 Å². The van der Waals surface area contributed by atoms with E-state index in [-0.39, 0.29) is 5.57 Å². The van der Waals surface area contributed by atoms with Crippen molar-refractivity contribution in [2.24, 2.45) is 0 Å². The van der Waals surface area contributed by atoms with Crippen LogP contribution >= 0.6 is 0 Å². The summed E-state index contributed by atoms with van der Waals surface area (Å²) in [5.74, 6) is -1.13. The van der Waals surface area contributed by atoms with Crippen molar-refractivity contribution in [2.45, 2.75) is 13.0 Å². The van der Waals surface area contributed by atoms with Gasteiger partial charge in [0, 0.05) is 7.05 Å². The van der Waals surface area contributed by atoms with Crippen LogP contribution in [0, 0.1) is 11.3 Å². The Labute approximate surface area is 139 Å². The fraction of sp³-hybridized carbons (Fsp3) is 0.250. The number of carbonyl (C=O) groups is 3. The SMILES string of the molecule is CNC(=O)NC(=O)[C@@H](C)OC(=O)/C(C#N)=C/c1ccc(OC)cc1. The molecule has 0 saturated carbocycles. The second-order valence-electron chi connectivity index (χ2n) is 4.56. The van der Waals surface area contributed by atoms with Gasteiger partial charge in [0.25, 0.3) is 5.91 Å². The molecule has 0 saturated heterocycles. The number of methoxy groups -OCH3 is 1. The van der Waals surface area contributed by atoms with Crippen molar-refractivity contribution in [2.75, 3.05) is 14.2 Å². The molecule has 2 N–H and O–H groups in total. The predicted molar refractivity (Wildman–Crippen MR) is 84.7 cm³/mol. The van der Waals surface area contributed by atoms with Gasteiger partial charge < -0.3 is 14.8 Å². The zero-order chi connectivity index (χ0) is 18.1. The van der Waals surface area contributed by atoms with Gasteiger partial charge in [-0.05, 0) is 30.7 Å². The van der Waals surface area contributed by atoms with Gasteiger partial charge in [-0.15, -0.1) is 0 Å². The van der Waals surface area contributed by atoms with Crippen LogP contribution in [0.3, 0.4) is 0 Å². The number of amides is 3. The average molecular weight is 331 g/mol. The van der Waals surface area contributed by atoms with Crippen molar-refractivity contribution >= 4 is 24.0 Å². The number of hydrogen-bond acceptors (Lipinski definition) is 6. The largest absolute Gasteiger partial charge is 0.497 e. The molecule has 0 aliphatic rings. The van der Waals surface area contributed by atoms with Gasteiger partial charge in [0.2, 0.25) is 0 Å². The van der Waals surface area contributed by atoms with Gasteiger partial charge in [-0.3, -0.25) is 10.1 Å². The molecule has 0 aliphatic carbocycles. The number of carbonyl (C=O) groups excluding carboxylic acids is 3. The van der Waals surface area contributed by atoms with Crippen LogP contribution in [0.1, 0.15) is 12.5 Å². The molecule has 8 heteroatoms. The first-order valence-corrected chi connectivity index (χ1v) is 6.90. The van der Waals surface area contributed by atoms with E-state index < -0.39 is 24.0 Å². The normalized spacial score (nSPS) is 11.7. The van der Waals surface area contributed by atoms with Gasteiger partial charge in [-0.25, -0.2) is 9.59 Å². The van der Waals surface area contributed by atoms with Gasteiger partial charge in [0.05, 0.1) is 7.11 Å². The van der Waals surface area contributed by atoms with Crippen molar-refractivity contribution in [3.8, 4) is 11.8 Å². The molecule has 0 aliphatic heterocycles. The lowest BCUT2D eigenvalue weighted by molar-refractivity contribution is -0.150. The Morgan fingerprint density at radius 1 is 1.25 bits per heavy atom. The minimum atomic E-state index is -1.23. The van der Waals surface area contributed by atoms with Crippen LogP contribution in [-0.4, -0.2) is 38.2 Å². The summed E-state index contributed by atoms with van der Waals surface area (Å²) in [6.07, 6.45) is 0.0907. The van der Waals surface area contributed by atoms with Gasteiger partial charge in [-0.2, -0.15) is 5.26 Å². The summed E-state index contributed by atoms with van der Waals surface area (Å²) in [6, 6.07) is 7.65. The van der Waals surface area contributed by atoms with Crippen molar-refractivity contribution < 1.29 is 23.9 Å². The maximum absolute atomic E-state index is 12.0. The first-order valence-electron chi connectivity index (χ1n) is 6.90. The van der Waals surface area contributed by atoms with Crippen LogP contribution in [0.5, 0.6) is 5.75 Å². The van der Waals surface area contributed by atoms with E-state index in [2.05, 4.69) is 5.32 Å². The first-order chi connectivity index (χ1) is 11.4. The van der Waals surface area contributed by atoms with E-state index in [1.165, 1.54) is 27.2 Å². The zero-order valence-electron chi connectivity index (χ0n) is 13.5. The summed E-state index contributed by atoms with van der Waals surface area (Å²) >= 11 is 0. The van der Waals surface area contributed by atoms with Crippen LogP contribution in [0.4, 0.5) is 4.79 Å². The fourth-order valence-electron chi connectivity index (χ4n) is 1.56. The third kappa shape index (κ3) is 5.46. The molecule has 0 fully saturated rings. The quantitative estimate of drug-likeness (QED) is 0.472. The zero-order valence-corrected chi connectivity index (χ0v) is 13.5. The molecular formula is C16H17N3O5. The van der Waals surface area contributed by atoms with E-state index in [4.69, 9.17) is 14.7 Å². The smallest absolute Gasteiger partial charge is 0.349 e. The van der Waals surface area contributed by atoms with Crippen molar-refractivity contribution in [1.29, 1.82) is 5.26 Å². The molecule has 8 nitrogen and oxygen atoms in total. The maximum atomic E-state index is 12.0. The van der Waals surface area contributed by atoms with Gasteiger partial charge in [-0.1, -0.05) is 12.1 Å². The summed E-state index contributed by atoms with van der Waals surface area (Å²) in [4.78, 5) is 34.6. The van der Waals surface area contributed by atoms with E-state index >= 15 is 0 Å². The number of rotatable bonds is 5. The molecular weight excluding hydrogens is 314 g/mol. The molecule has 0 spiro atoms. The van der Waals surface area contributed by atoms with E-state index in [0.29, 0.717) is 11.3 Å². The number of hydrogen-bond donors (Lipinski definition) is 2. The molecule has 0 heterocycles. The molecule has 3 amide bonds. The lowest BCUT2D eigenvalue weighted by atomic mass is 10.1. The van der Waals surface area contributed by atoms with Gasteiger partial charge in [0.1, 0.15) is 17.4 Å². The van der Waals surface area contributed by atoms with Crippen LogP contribution in [0.25, 0.3) is 6.08 Å². The molecule has 1 aromatic rings. The van der Waals surface area contributed by atoms with E-state index in [0.717, 1.165) is 0 Å². The fourth-order valence-corrected chi connectivity index (χ4v) is 1.56. The van der Waals surface area contributed by atoms with E-state index in [9.17, 15) is 14.4 Å². The second kappa shape index (κ2) is 8.95. The lowest BCUT2D eigenvalue weighted by Crippen LogP contribution is -2.43. The average Bonchev–Trinajstić information content (AvgIpc) is 2.59. The summed E-state index contributed by atoms with van der Waals surface area (Å²) in [6.45, 7) is 1.29. The number of imide groups is 1. The Morgan fingerprint density at radius 2 is 1.88 bits per heavy atom. The highest BCUT2D eigenvalue weighted by Crippen LogP contribution is 2.14. The molecule has 24 heavy (non-hydrogen) atoms. The Hall–Kier alpha value is -3.34. The summed E-state index contributed by atoms with van der Waals surface area (Å²) in [5.41, 5.74) is 0.312. The highest BCUT2D eigenvalue weighted by atomic mass is 16.5. The van der Waals surface area contributed by atoms with Gasteiger partial charge in [0.15, 0.2) is 6.10 Å². The molecule has 0 bridgehead atoms. The Morgan fingerprint density at radius 3 is 2.38 bits per heavy atom. The van der Waals surface area contributed by atoms with Crippen LogP contribution in [-0.2, 0) is 14.3 Å². The van der Waals surface area contributed by atoms with Crippen molar-refractivity contribution in [1.82, 2.24) is 10.6 Å². The minimum absolute atomic E-state index is 0.278. The third-order valence-corrected chi connectivity index (χ3v) is 2.88. The minimum Gasteiger partial charge on any atom is -0.497 e. The lowest BCUT2D eigenvalue weighted by Gasteiger charge is -2.12. The number of benzene rings is 1. The molecule has 0 unspecified atom stereocenters. The van der Waals surface area contributed by atoms with Gasteiger partial charge >= 0.3 is 12.0 Å². The highest BCUT2D eigenvalue weighted by molar-refractivity contribution is 6.01. The highest BCUT2D eigenvalue weighted by Gasteiger charge is 2.21. The summed E-state index contributed by atoms with van der Waals surface area (Å²) < 4.78 is 9.89. The number of ether oxygens (including phenoxy) is 2. The summed E-state index contributed by atoms with van der Waals surface area (Å²) in [5, 5.41) is 13.3. The number of nitrogens with one attached hydrogen (secondary N) is 2. The van der Waals surface area contributed by atoms with Crippen LogP contribution < -0.4 is 15.4 Å². The first kappa shape index (κ1) is 18.7. The van der Waals surface area contributed by atoms with Crippen LogP contribution in [0.15, 0.2) is 29.8 Å². The Kier molecular flexibility index (Phi) is 6.97. The van der Waals surface area contributed by atoms with Crippen molar-refractivity contribution in [3.05, 3.63) is 35.4 Å². The number of urea groups is 1. The molecule has 1 rings (SSSR count). The Bertz CT molecular complexity index is 689. The molecule has 1 aromatic carbocycles. The van der Waals surface area contributed by atoms with Crippen molar-refractivity contribution in [3.63, 3.8) is 0 Å². The molecule has 126 valence electrons. The molecule has 1 atom stereocenters. The number of nitriles is 1. The monoisotopic (exact) mass is 331 g/mol. The van der Waals surface area contributed by atoms with Crippen LogP contribution in [0.2, 0.25) is 0 Å². The Balaban J connectivity index is 2.78. The molecule has 0 aromatic heterocycles. The number of nitrogens with zero attached hydrogens (tertiary/aromatic N) is 1.